The van der Waals surface area contributed by atoms with Crippen LogP contribution >= 0.6 is 22.7 Å². The summed E-state index contributed by atoms with van der Waals surface area (Å²) >= 11 is 3.80. The summed E-state index contributed by atoms with van der Waals surface area (Å²) in [6.45, 7) is 0. The molecule has 3 nitrogen and oxygen atoms in total. The van der Waals surface area contributed by atoms with Crippen molar-refractivity contribution in [2.24, 2.45) is 0 Å². The van der Waals surface area contributed by atoms with Crippen molar-refractivity contribution >= 4 is 148 Å². The van der Waals surface area contributed by atoms with Crippen molar-refractivity contribution in [2.75, 3.05) is 9.80 Å². The van der Waals surface area contributed by atoms with Crippen molar-refractivity contribution in [3.63, 3.8) is 0 Å². The Hall–Kier alpha value is -8.52. The monoisotopic (exact) mass is 970 g/mol. The molecule has 0 bridgehead atoms. The zero-order valence-electron chi connectivity index (χ0n) is 38.9. The lowest BCUT2D eigenvalue weighted by atomic mass is 10.0. The Bertz CT molecular complexity index is 4310. The molecule has 0 spiro atoms. The van der Waals surface area contributed by atoms with E-state index >= 15 is 0 Å². The predicted octanol–water partition coefficient (Wildman–Crippen LogP) is 16.6. The van der Waals surface area contributed by atoms with E-state index in [0.29, 0.717) is 0 Å². The highest BCUT2D eigenvalue weighted by Gasteiger charge is 2.49. The van der Waals surface area contributed by atoms with Gasteiger partial charge in [0.05, 0.1) is 5.69 Å². The smallest absolute Gasteiger partial charge is 0.184 e. The van der Waals surface area contributed by atoms with Crippen LogP contribution in [0.15, 0.2) is 259 Å². The van der Waals surface area contributed by atoms with Crippen molar-refractivity contribution in [1.29, 1.82) is 0 Å². The summed E-state index contributed by atoms with van der Waals surface area (Å²) in [6, 6.07) is 94.7. The average molecular weight is 971 g/mol. The van der Waals surface area contributed by atoms with E-state index in [0.717, 1.165) is 44.7 Å². The number of hydrogen-bond acceptors (Lipinski definition) is 5. The molecule has 0 fully saturated rings. The maximum atomic E-state index is 6.87. The molecule has 0 unspecified atom stereocenters. The summed E-state index contributed by atoms with van der Waals surface area (Å²) in [5.41, 5.74) is 10.6. The molecule has 1 aliphatic rings. The number of fused-ring (bicyclic) bond motifs is 11. The highest BCUT2D eigenvalue weighted by molar-refractivity contribution is 7.27. The van der Waals surface area contributed by atoms with Crippen LogP contribution in [-0.2, 0) is 0 Å². The molecular formula is C66H42N2OS2Si. The molecule has 0 atom stereocenters. The van der Waals surface area contributed by atoms with E-state index in [1.165, 1.54) is 83.6 Å². The maximum Gasteiger partial charge on any atom is 0.184 e. The molecule has 4 heterocycles. The van der Waals surface area contributed by atoms with E-state index < -0.39 is 8.07 Å². The van der Waals surface area contributed by atoms with Crippen molar-refractivity contribution in [3.05, 3.63) is 255 Å². The second kappa shape index (κ2) is 16.3. The molecule has 0 radical (unpaired) electrons. The van der Waals surface area contributed by atoms with Crippen molar-refractivity contribution in [1.82, 2.24) is 0 Å². The van der Waals surface area contributed by atoms with Crippen LogP contribution in [0.1, 0.15) is 0 Å². The van der Waals surface area contributed by atoms with E-state index in [1.54, 1.807) is 0 Å². The summed E-state index contributed by atoms with van der Waals surface area (Å²) in [6.07, 6.45) is 0. The molecule has 0 amide bonds. The lowest BCUT2D eigenvalue weighted by Crippen LogP contribution is -2.77. The predicted molar refractivity (Wildman–Crippen MR) is 311 cm³/mol. The van der Waals surface area contributed by atoms with Gasteiger partial charge in [0.1, 0.15) is 5.58 Å². The largest absolute Gasteiger partial charge is 0.454 e. The van der Waals surface area contributed by atoms with Crippen LogP contribution in [0.3, 0.4) is 0 Å². The van der Waals surface area contributed by atoms with Gasteiger partial charge in [-0.05, 0) is 111 Å². The first-order chi connectivity index (χ1) is 35.7. The quantitative estimate of drug-likeness (QED) is 0.148. The number of para-hydroxylation sites is 4. The number of rotatable bonds is 7. The van der Waals surface area contributed by atoms with Gasteiger partial charge in [0.15, 0.2) is 13.7 Å². The maximum absolute atomic E-state index is 6.87. The fourth-order valence-electron chi connectivity index (χ4n) is 11.8. The first-order valence-corrected chi connectivity index (χ1v) is 28.1. The van der Waals surface area contributed by atoms with E-state index in [-0.39, 0.29) is 0 Å². The number of benzene rings is 11. The van der Waals surface area contributed by atoms with Crippen LogP contribution in [0.2, 0.25) is 0 Å². The minimum atomic E-state index is -3.18. The fourth-order valence-corrected chi connectivity index (χ4v) is 19.3. The molecule has 11 aromatic carbocycles. The first kappa shape index (κ1) is 41.3. The summed E-state index contributed by atoms with van der Waals surface area (Å²) in [5.74, 6) is 0. The van der Waals surface area contributed by atoms with Crippen LogP contribution in [-0.4, -0.2) is 8.07 Å². The highest BCUT2D eigenvalue weighted by atomic mass is 32.1. The zero-order chi connectivity index (χ0) is 47.3. The Morgan fingerprint density at radius 1 is 0.361 bits per heavy atom. The Morgan fingerprint density at radius 3 is 1.61 bits per heavy atom. The third kappa shape index (κ3) is 6.20. The molecule has 6 heteroatoms. The number of thiophene rings is 2. The van der Waals surface area contributed by atoms with Crippen molar-refractivity contribution in [2.45, 2.75) is 0 Å². The van der Waals surface area contributed by atoms with Crippen LogP contribution in [0, 0.1) is 0 Å². The lowest BCUT2D eigenvalue weighted by Gasteiger charge is -2.45. The van der Waals surface area contributed by atoms with Gasteiger partial charge in [-0.25, -0.2) is 0 Å². The van der Waals surface area contributed by atoms with Gasteiger partial charge >= 0.3 is 0 Å². The van der Waals surface area contributed by atoms with Gasteiger partial charge in [0.25, 0.3) is 0 Å². The molecule has 15 rings (SSSR count). The van der Waals surface area contributed by atoms with Crippen LogP contribution in [0.4, 0.5) is 34.1 Å². The minimum absolute atomic E-state index is 0.853. The highest BCUT2D eigenvalue weighted by Crippen LogP contribution is 2.46. The zero-order valence-corrected chi connectivity index (χ0v) is 41.5. The Kier molecular flexibility index (Phi) is 9.33. The van der Waals surface area contributed by atoms with Gasteiger partial charge in [0, 0.05) is 79.6 Å². The Balaban J connectivity index is 1.04. The molecule has 1 aliphatic heterocycles. The molecule has 14 aromatic rings. The van der Waals surface area contributed by atoms with E-state index in [1.807, 2.05) is 22.7 Å². The van der Waals surface area contributed by atoms with Crippen LogP contribution < -0.4 is 30.5 Å². The fraction of sp³-hybridized carbons (Fsp3) is 0. The lowest BCUT2D eigenvalue weighted by molar-refractivity contribution is 0.669. The molecule has 0 saturated heterocycles. The molecular weight excluding hydrogens is 929 g/mol. The number of hydrogen-bond donors (Lipinski definition) is 0. The van der Waals surface area contributed by atoms with Crippen molar-refractivity contribution in [3.8, 4) is 11.1 Å². The van der Waals surface area contributed by atoms with Gasteiger partial charge < -0.3 is 14.2 Å². The van der Waals surface area contributed by atoms with Crippen LogP contribution in [0.25, 0.3) is 73.4 Å². The van der Waals surface area contributed by atoms with Gasteiger partial charge in [0.2, 0.25) is 0 Å². The first-order valence-electron chi connectivity index (χ1n) is 24.5. The van der Waals surface area contributed by atoms with Gasteiger partial charge in [-0.3, -0.25) is 0 Å². The third-order valence-corrected chi connectivity index (χ3v) is 22.0. The number of nitrogens with zero attached hydrogens (tertiary/aromatic N) is 2. The molecule has 72 heavy (non-hydrogen) atoms. The molecule has 0 aliphatic carbocycles. The molecule has 3 aromatic heterocycles. The summed E-state index contributed by atoms with van der Waals surface area (Å²) in [4.78, 5) is 4.92. The summed E-state index contributed by atoms with van der Waals surface area (Å²) in [5, 5.41) is 12.9. The standard InChI is InChI=1S/C66H42N2OS2Si/c1-3-16-43(17-4-1)44-30-32-46(33-31-44)67(57-25-15-23-55-50-20-7-11-26-59(50)69-66(55)57)47-34-39-65-58(40-47)68(45-18-5-2-6-19-45)56-24-10-14-29-64(56)72(65,48-35-37-53-51-21-8-12-27-60(51)70-62(53)41-48)49-36-38-54-52-22-9-13-28-61(52)71-63(54)42-49/h1-42H. The summed E-state index contributed by atoms with van der Waals surface area (Å²) < 4.78 is 12.1. The number of anilines is 6. The van der Waals surface area contributed by atoms with Gasteiger partial charge in [-0.1, -0.05) is 176 Å². The third-order valence-electron chi connectivity index (χ3n) is 14.9. The van der Waals surface area contributed by atoms with Gasteiger partial charge in [-0.2, -0.15) is 0 Å². The Labute approximate surface area is 425 Å². The number of furan rings is 1. The van der Waals surface area contributed by atoms with Crippen molar-refractivity contribution < 1.29 is 4.42 Å². The SMILES string of the molecule is c1ccc(-c2ccc(N(c3ccc4c(c3)N(c3ccccc3)c3ccccc3[Si]4(c3ccc4c(c3)sc3ccccc34)c3ccc4c(c3)sc3ccccc34)c3cccc4c3oc3ccccc34)cc2)cc1. The minimum Gasteiger partial charge on any atom is -0.454 e. The topological polar surface area (TPSA) is 19.6 Å². The second-order valence-corrected chi connectivity index (χ2v) is 24.7. The molecule has 338 valence electrons. The van der Waals surface area contributed by atoms with Gasteiger partial charge in [-0.15, -0.1) is 22.7 Å². The Morgan fingerprint density at radius 2 is 0.903 bits per heavy atom. The molecule has 0 N–H and O–H groups in total. The summed E-state index contributed by atoms with van der Waals surface area (Å²) in [7, 11) is -3.18. The second-order valence-electron chi connectivity index (χ2n) is 18.8. The van der Waals surface area contributed by atoms with E-state index in [9.17, 15) is 0 Å². The van der Waals surface area contributed by atoms with E-state index in [4.69, 9.17) is 4.42 Å². The van der Waals surface area contributed by atoms with Crippen LogP contribution in [0.5, 0.6) is 0 Å². The average Bonchev–Trinajstić information content (AvgIpc) is 4.14. The molecule has 0 saturated carbocycles. The van der Waals surface area contributed by atoms with E-state index in [2.05, 4.69) is 265 Å². The normalized spacial score (nSPS) is 13.1.